The van der Waals surface area contributed by atoms with Crippen LogP contribution in [-0.4, -0.2) is 16.8 Å². The van der Waals surface area contributed by atoms with Crippen LogP contribution in [0.5, 0.6) is 5.75 Å². The predicted molar refractivity (Wildman–Crippen MR) is 56.3 cm³/mol. The number of aliphatic hydroxyl groups excluding tert-OH is 1. The zero-order valence-electron chi connectivity index (χ0n) is 8.35. The Hall–Kier alpha value is -0.750. The number of alkyl halides is 3. The predicted octanol–water partition coefficient (Wildman–Crippen LogP) is 3.27. The first-order valence-corrected chi connectivity index (χ1v) is 5.27. The lowest BCUT2D eigenvalue weighted by Gasteiger charge is -2.15. The van der Waals surface area contributed by atoms with Gasteiger partial charge >= 0.3 is 6.18 Å². The van der Waals surface area contributed by atoms with Gasteiger partial charge in [0.05, 0.1) is 5.56 Å². The van der Waals surface area contributed by atoms with Crippen LogP contribution in [0.2, 0.25) is 0 Å². The van der Waals surface area contributed by atoms with E-state index in [1.54, 1.807) is 6.92 Å². The van der Waals surface area contributed by atoms with Crippen molar-refractivity contribution in [1.82, 2.24) is 0 Å². The minimum Gasteiger partial charge on any atom is -0.508 e. The molecule has 1 aromatic carbocycles. The van der Waals surface area contributed by atoms with Crippen molar-refractivity contribution in [3.8, 4) is 5.75 Å². The van der Waals surface area contributed by atoms with E-state index in [0.29, 0.717) is 6.07 Å². The molecule has 6 heteroatoms. The Balaban J connectivity index is 3.28. The van der Waals surface area contributed by atoms with Crippen LogP contribution in [0.25, 0.3) is 0 Å². The molecule has 0 aliphatic rings. The summed E-state index contributed by atoms with van der Waals surface area (Å²) < 4.78 is 37.3. The molecule has 1 rings (SSSR count). The number of hydrogen-bond donors (Lipinski definition) is 2. The first kappa shape index (κ1) is 13.3. The number of rotatable bonds is 2. The molecule has 2 N–H and O–H groups in total. The molecule has 0 spiro atoms. The van der Waals surface area contributed by atoms with Crippen molar-refractivity contribution < 1.29 is 23.4 Å². The molecule has 1 unspecified atom stereocenters. The largest absolute Gasteiger partial charge is 0.508 e. The SMILES string of the molecule is CC(CO)c1c(O)cc(C(F)(F)F)cc1Br. The maximum Gasteiger partial charge on any atom is 0.416 e. The zero-order valence-corrected chi connectivity index (χ0v) is 9.93. The molecule has 0 radical (unpaired) electrons. The molecule has 0 bridgehead atoms. The van der Waals surface area contributed by atoms with Crippen LogP contribution < -0.4 is 0 Å². The van der Waals surface area contributed by atoms with Crippen molar-refractivity contribution in [2.75, 3.05) is 6.61 Å². The third-order valence-electron chi connectivity index (χ3n) is 2.20. The summed E-state index contributed by atoms with van der Waals surface area (Å²) in [5, 5.41) is 18.4. The lowest BCUT2D eigenvalue weighted by molar-refractivity contribution is -0.137. The van der Waals surface area contributed by atoms with Gasteiger partial charge in [0.1, 0.15) is 5.75 Å². The van der Waals surface area contributed by atoms with E-state index in [9.17, 15) is 18.3 Å². The van der Waals surface area contributed by atoms with Gasteiger partial charge in [0.2, 0.25) is 0 Å². The second kappa shape index (κ2) is 4.63. The van der Waals surface area contributed by atoms with Gasteiger partial charge in [0.25, 0.3) is 0 Å². The van der Waals surface area contributed by atoms with Gasteiger partial charge in [0, 0.05) is 22.6 Å². The molecule has 0 saturated carbocycles. The van der Waals surface area contributed by atoms with Gasteiger partial charge in [-0.25, -0.2) is 0 Å². The monoisotopic (exact) mass is 298 g/mol. The molecule has 16 heavy (non-hydrogen) atoms. The van der Waals surface area contributed by atoms with Crippen molar-refractivity contribution in [3.63, 3.8) is 0 Å². The maximum atomic E-state index is 12.4. The smallest absolute Gasteiger partial charge is 0.416 e. The van der Waals surface area contributed by atoms with Crippen LogP contribution in [0.15, 0.2) is 16.6 Å². The summed E-state index contributed by atoms with van der Waals surface area (Å²) in [6.07, 6.45) is -4.50. The highest BCUT2D eigenvalue weighted by Crippen LogP contribution is 2.39. The molecule has 0 aliphatic heterocycles. The first-order valence-electron chi connectivity index (χ1n) is 4.47. The van der Waals surface area contributed by atoms with E-state index in [4.69, 9.17) is 5.11 Å². The number of aliphatic hydroxyl groups is 1. The lowest BCUT2D eigenvalue weighted by Crippen LogP contribution is -2.07. The number of hydrogen-bond acceptors (Lipinski definition) is 2. The van der Waals surface area contributed by atoms with E-state index >= 15 is 0 Å². The molecule has 0 fully saturated rings. The van der Waals surface area contributed by atoms with Crippen molar-refractivity contribution in [1.29, 1.82) is 0 Å². The number of phenols is 1. The molecule has 0 saturated heterocycles. The standard InChI is InChI=1S/C10H10BrF3O2/c1-5(4-15)9-7(11)2-6(3-8(9)16)10(12,13)14/h2-3,5,15-16H,4H2,1H3. The van der Waals surface area contributed by atoms with Crippen LogP contribution in [0, 0.1) is 0 Å². The zero-order chi connectivity index (χ0) is 12.5. The minimum atomic E-state index is -4.50. The van der Waals surface area contributed by atoms with Gasteiger partial charge in [-0.05, 0) is 12.1 Å². The van der Waals surface area contributed by atoms with Crippen molar-refractivity contribution in [2.24, 2.45) is 0 Å². The van der Waals surface area contributed by atoms with E-state index in [-0.39, 0.29) is 16.6 Å². The first-order chi connectivity index (χ1) is 7.27. The number of halogens is 4. The summed E-state index contributed by atoms with van der Waals surface area (Å²) in [6, 6.07) is 1.55. The third kappa shape index (κ3) is 2.68. The topological polar surface area (TPSA) is 40.5 Å². The van der Waals surface area contributed by atoms with Crippen LogP contribution >= 0.6 is 15.9 Å². The van der Waals surface area contributed by atoms with Crippen molar-refractivity contribution in [2.45, 2.75) is 19.0 Å². The van der Waals surface area contributed by atoms with Gasteiger partial charge in [-0.3, -0.25) is 0 Å². The molecular formula is C10H10BrF3O2. The fourth-order valence-corrected chi connectivity index (χ4v) is 2.19. The Labute approximate surface area is 98.8 Å². The van der Waals surface area contributed by atoms with Gasteiger partial charge in [-0.2, -0.15) is 13.2 Å². The van der Waals surface area contributed by atoms with Crippen molar-refractivity contribution >= 4 is 15.9 Å². The molecule has 1 atom stereocenters. The molecule has 2 nitrogen and oxygen atoms in total. The fourth-order valence-electron chi connectivity index (χ4n) is 1.35. The molecule has 1 aromatic rings. The molecule has 0 aliphatic carbocycles. The molecular weight excluding hydrogens is 289 g/mol. The Morgan fingerprint density at radius 2 is 1.94 bits per heavy atom. The van der Waals surface area contributed by atoms with Crippen LogP contribution in [0.3, 0.4) is 0 Å². The summed E-state index contributed by atoms with van der Waals surface area (Å²) in [5.74, 6) is -0.903. The van der Waals surface area contributed by atoms with E-state index < -0.39 is 23.4 Å². The Morgan fingerprint density at radius 1 is 1.38 bits per heavy atom. The normalized spacial score (nSPS) is 13.9. The second-order valence-corrected chi connectivity index (χ2v) is 4.33. The summed E-state index contributed by atoms with van der Waals surface area (Å²) in [4.78, 5) is 0. The lowest BCUT2D eigenvalue weighted by atomic mass is 9.99. The van der Waals surface area contributed by atoms with Gasteiger partial charge in [-0.1, -0.05) is 22.9 Å². The minimum absolute atomic E-state index is 0.140. The molecule has 90 valence electrons. The molecule has 0 heterocycles. The molecule has 0 aromatic heterocycles. The number of benzene rings is 1. The summed E-state index contributed by atoms with van der Waals surface area (Å²) in [6.45, 7) is 1.35. The van der Waals surface area contributed by atoms with E-state index in [1.165, 1.54) is 0 Å². The van der Waals surface area contributed by atoms with Gasteiger partial charge in [0.15, 0.2) is 0 Å². The van der Waals surface area contributed by atoms with Crippen LogP contribution in [-0.2, 0) is 6.18 Å². The van der Waals surface area contributed by atoms with Gasteiger partial charge < -0.3 is 10.2 Å². The number of phenolic OH excluding ortho intramolecular Hbond substituents is 1. The van der Waals surface area contributed by atoms with E-state index in [1.807, 2.05) is 0 Å². The van der Waals surface area contributed by atoms with E-state index in [2.05, 4.69) is 15.9 Å². The Morgan fingerprint density at radius 3 is 2.31 bits per heavy atom. The Kier molecular flexibility index (Phi) is 3.85. The van der Waals surface area contributed by atoms with Gasteiger partial charge in [-0.15, -0.1) is 0 Å². The highest BCUT2D eigenvalue weighted by Gasteiger charge is 2.32. The summed E-state index contributed by atoms with van der Waals surface area (Å²) in [5.41, 5.74) is -0.652. The van der Waals surface area contributed by atoms with Crippen LogP contribution in [0.1, 0.15) is 24.0 Å². The summed E-state index contributed by atoms with van der Waals surface area (Å²) >= 11 is 2.96. The summed E-state index contributed by atoms with van der Waals surface area (Å²) in [7, 11) is 0. The third-order valence-corrected chi connectivity index (χ3v) is 2.86. The van der Waals surface area contributed by atoms with Crippen molar-refractivity contribution in [3.05, 3.63) is 27.7 Å². The second-order valence-electron chi connectivity index (χ2n) is 3.47. The molecule has 0 amide bonds. The van der Waals surface area contributed by atoms with E-state index in [0.717, 1.165) is 6.07 Å². The quantitative estimate of drug-likeness (QED) is 0.880. The van der Waals surface area contributed by atoms with Crippen LogP contribution in [0.4, 0.5) is 13.2 Å². The maximum absolute atomic E-state index is 12.4. The average molecular weight is 299 g/mol. The number of aromatic hydroxyl groups is 1. The fraction of sp³-hybridized carbons (Fsp3) is 0.400. The highest BCUT2D eigenvalue weighted by atomic mass is 79.9. The Bertz CT molecular complexity index is 367. The highest BCUT2D eigenvalue weighted by molar-refractivity contribution is 9.10. The average Bonchev–Trinajstić information content (AvgIpc) is 2.14.